The van der Waals surface area contributed by atoms with Crippen molar-refractivity contribution in [3.63, 3.8) is 0 Å². The Bertz CT molecular complexity index is 1350. The van der Waals surface area contributed by atoms with Crippen LogP contribution in [-0.2, 0) is 6.42 Å². The van der Waals surface area contributed by atoms with Crippen LogP contribution in [0.4, 0.5) is 5.69 Å². The van der Waals surface area contributed by atoms with E-state index in [1.165, 1.54) is 44.1 Å². The summed E-state index contributed by atoms with van der Waals surface area (Å²) in [6.07, 6.45) is 1.15. The number of hydrogen-bond donors (Lipinski definition) is 0. The van der Waals surface area contributed by atoms with Crippen LogP contribution in [-0.4, -0.2) is 34.8 Å². The highest BCUT2D eigenvalue weighted by molar-refractivity contribution is 7.01. The third-order valence-electron chi connectivity index (χ3n) is 7.78. The lowest BCUT2D eigenvalue weighted by molar-refractivity contribution is 0.720. The van der Waals surface area contributed by atoms with Gasteiger partial charge in [-0.05, 0) is 76.8 Å². The fraction of sp³-hybridized carbons (Fsp3) is 0.345. The van der Waals surface area contributed by atoms with Crippen LogP contribution in [0.2, 0.25) is 13.1 Å². The lowest BCUT2D eigenvalue weighted by Gasteiger charge is -2.34. The third-order valence-corrected chi connectivity index (χ3v) is 11.3. The molecular formula is C29H35N2Si+. The van der Waals surface area contributed by atoms with Gasteiger partial charge in [0.05, 0.1) is 0 Å². The van der Waals surface area contributed by atoms with Gasteiger partial charge in [0.15, 0.2) is 0 Å². The number of benzene rings is 3. The standard InChI is InChI=1S/C29H35N2Si/c1-7-31(8-2)22-13-14-24-27(18-22)32(5,6)28-19-26-21(15-16-30(26)4)17-25(28)29(24)23-12-10-9-11-20(23)3/h9-14,17-19H,7-8,15-16H2,1-6H3/q+1. The zero-order valence-electron chi connectivity index (χ0n) is 20.4. The molecule has 0 aromatic heterocycles. The highest BCUT2D eigenvalue weighted by Gasteiger charge is 2.37. The topological polar surface area (TPSA) is 6.25 Å². The van der Waals surface area contributed by atoms with Gasteiger partial charge in [-0.2, -0.15) is 0 Å². The van der Waals surface area contributed by atoms with Gasteiger partial charge in [-0.25, -0.2) is 4.58 Å². The summed E-state index contributed by atoms with van der Waals surface area (Å²) in [5, 5.41) is 6.09. The summed E-state index contributed by atoms with van der Waals surface area (Å²) < 4.78 is 2.44. The fourth-order valence-electron chi connectivity index (χ4n) is 5.81. The van der Waals surface area contributed by atoms with Crippen LogP contribution in [0.5, 0.6) is 0 Å². The molecule has 3 heteroatoms. The van der Waals surface area contributed by atoms with Gasteiger partial charge in [-0.15, -0.1) is 0 Å². The first-order valence-electron chi connectivity index (χ1n) is 12.1. The molecule has 3 aromatic carbocycles. The Morgan fingerprint density at radius 2 is 1.66 bits per heavy atom. The van der Waals surface area contributed by atoms with E-state index in [1.807, 2.05) is 0 Å². The molecule has 0 saturated carbocycles. The molecule has 3 aromatic rings. The number of fused-ring (bicyclic) bond motifs is 3. The summed E-state index contributed by atoms with van der Waals surface area (Å²) in [5.74, 6) is 0. The number of rotatable bonds is 4. The van der Waals surface area contributed by atoms with E-state index in [1.54, 1.807) is 10.4 Å². The van der Waals surface area contributed by atoms with Crippen LogP contribution in [0.15, 0.2) is 54.6 Å². The molecule has 0 N–H and O–H groups in total. The smallest absolute Gasteiger partial charge is 0.203 e. The molecule has 0 bridgehead atoms. The molecule has 164 valence electrons. The van der Waals surface area contributed by atoms with Crippen LogP contribution >= 0.6 is 0 Å². The molecule has 0 fully saturated rings. The first-order valence-corrected chi connectivity index (χ1v) is 15.1. The first kappa shape index (κ1) is 21.2. The fourth-order valence-corrected chi connectivity index (χ4v) is 8.86. The Morgan fingerprint density at radius 3 is 2.38 bits per heavy atom. The average molecular weight is 440 g/mol. The second kappa shape index (κ2) is 7.74. The van der Waals surface area contributed by atoms with Gasteiger partial charge in [-0.1, -0.05) is 43.4 Å². The van der Waals surface area contributed by atoms with Gasteiger partial charge < -0.3 is 4.90 Å². The Labute approximate surface area is 193 Å². The number of hydrogen-bond acceptors (Lipinski definition) is 1. The van der Waals surface area contributed by atoms with Crippen molar-refractivity contribution in [3.8, 4) is 0 Å². The summed E-state index contributed by atoms with van der Waals surface area (Å²) in [4.78, 5) is 2.48. The lowest BCUT2D eigenvalue weighted by atomic mass is 9.91. The molecule has 0 aliphatic carbocycles. The summed E-state index contributed by atoms with van der Waals surface area (Å²) in [6, 6.07) is 21.3. The Hall–Kier alpha value is -2.65. The quantitative estimate of drug-likeness (QED) is 0.448. The zero-order chi connectivity index (χ0) is 22.6. The minimum Gasteiger partial charge on any atom is -0.372 e. The van der Waals surface area contributed by atoms with Gasteiger partial charge in [0.2, 0.25) is 5.36 Å². The SMILES string of the molecule is CCN(CC)c1ccc2c(c1)[Si](C)(C)c1cc3c(cc1=C2c1ccccc1C)CC[N+]=3C. The second-order valence-electron chi connectivity index (χ2n) is 9.92. The highest BCUT2D eigenvalue weighted by atomic mass is 28.3. The number of aryl methyl sites for hydroxylation is 1. The third kappa shape index (κ3) is 3.09. The van der Waals surface area contributed by atoms with Gasteiger partial charge in [0.25, 0.3) is 0 Å². The Balaban J connectivity index is 1.92. The molecule has 2 heterocycles. The van der Waals surface area contributed by atoms with E-state index in [4.69, 9.17) is 0 Å². The van der Waals surface area contributed by atoms with E-state index >= 15 is 0 Å². The molecule has 2 nitrogen and oxygen atoms in total. The largest absolute Gasteiger partial charge is 0.372 e. The van der Waals surface area contributed by atoms with Crippen LogP contribution < -0.4 is 30.4 Å². The molecule has 0 unspecified atom stereocenters. The number of anilines is 1. The van der Waals surface area contributed by atoms with Crippen LogP contribution in [0.3, 0.4) is 0 Å². The maximum absolute atomic E-state index is 2.55. The minimum absolute atomic E-state index is 1.04. The van der Waals surface area contributed by atoms with Crippen molar-refractivity contribution < 1.29 is 0 Å². The van der Waals surface area contributed by atoms with E-state index < -0.39 is 8.07 Å². The summed E-state index contributed by atoms with van der Waals surface area (Å²) in [5.41, 5.74) is 8.48. The first-order chi connectivity index (χ1) is 15.4. The molecule has 0 amide bonds. The van der Waals surface area contributed by atoms with Crippen molar-refractivity contribution in [2.75, 3.05) is 31.6 Å². The predicted molar refractivity (Wildman–Crippen MR) is 141 cm³/mol. The van der Waals surface area contributed by atoms with Crippen molar-refractivity contribution in [1.82, 2.24) is 4.58 Å². The van der Waals surface area contributed by atoms with Gasteiger partial charge in [0.1, 0.15) is 21.7 Å². The van der Waals surface area contributed by atoms with Crippen molar-refractivity contribution in [1.29, 1.82) is 0 Å². The van der Waals surface area contributed by atoms with Crippen molar-refractivity contribution in [2.24, 2.45) is 0 Å². The van der Waals surface area contributed by atoms with Crippen molar-refractivity contribution >= 4 is 29.7 Å². The normalized spacial score (nSPS) is 15.9. The molecule has 0 atom stereocenters. The molecule has 2 aliphatic rings. The molecule has 0 saturated heterocycles. The van der Waals surface area contributed by atoms with Crippen molar-refractivity contribution in [2.45, 2.75) is 40.3 Å². The lowest BCUT2D eigenvalue weighted by Crippen LogP contribution is -2.63. The monoisotopic (exact) mass is 439 g/mol. The zero-order valence-corrected chi connectivity index (χ0v) is 21.4. The summed E-state index contributed by atoms with van der Waals surface area (Å²) in [7, 11) is 0.371. The Kier molecular flexibility index (Phi) is 5.13. The minimum atomic E-state index is -1.87. The number of nitrogens with zero attached hydrogens (tertiary/aromatic N) is 2. The summed E-state index contributed by atoms with van der Waals surface area (Å²) >= 11 is 0. The Morgan fingerprint density at radius 1 is 0.906 bits per heavy atom. The van der Waals surface area contributed by atoms with E-state index in [2.05, 4.69) is 105 Å². The maximum atomic E-state index is 2.55. The summed E-state index contributed by atoms with van der Waals surface area (Å²) in [6.45, 7) is 15.1. The molecule has 5 rings (SSSR count). The molecule has 0 spiro atoms. The molecular weight excluding hydrogens is 404 g/mol. The van der Waals surface area contributed by atoms with E-state index in [0.29, 0.717) is 0 Å². The van der Waals surface area contributed by atoms with Gasteiger partial charge in [-0.3, -0.25) is 0 Å². The van der Waals surface area contributed by atoms with Crippen LogP contribution in [0.1, 0.15) is 36.1 Å². The maximum Gasteiger partial charge on any atom is 0.203 e. The predicted octanol–water partition coefficient (Wildman–Crippen LogP) is 2.90. The van der Waals surface area contributed by atoms with E-state index in [9.17, 15) is 0 Å². The molecule has 2 aliphatic heterocycles. The molecule has 0 radical (unpaired) electrons. The van der Waals surface area contributed by atoms with Crippen molar-refractivity contribution in [3.05, 3.63) is 87.4 Å². The second-order valence-corrected chi connectivity index (χ2v) is 14.2. The van der Waals surface area contributed by atoms with E-state index in [0.717, 1.165) is 26.1 Å². The van der Waals surface area contributed by atoms with Crippen LogP contribution in [0, 0.1) is 6.92 Å². The van der Waals surface area contributed by atoms with Gasteiger partial charge in [0, 0.05) is 36.8 Å². The average Bonchev–Trinajstić information content (AvgIpc) is 3.15. The number of likely N-dealkylation sites (N-methyl/N-ethyl adjacent to an activating group) is 1. The van der Waals surface area contributed by atoms with Gasteiger partial charge >= 0.3 is 0 Å². The highest BCUT2D eigenvalue weighted by Crippen LogP contribution is 2.29. The molecule has 32 heavy (non-hydrogen) atoms. The van der Waals surface area contributed by atoms with Crippen LogP contribution in [0.25, 0.3) is 5.57 Å². The van der Waals surface area contributed by atoms with E-state index in [-0.39, 0.29) is 0 Å².